The topological polar surface area (TPSA) is 76.1 Å². The molecule has 28 heavy (non-hydrogen) atoms. The Morgan fingerprint density at radius 2 is 1.86 bits per heavy atom. The number of amides is 1. The molecule has 6 nitrogen and oxygen atoms in total. The number of aromatic nitrogens is 2. The summed E-state index contributed by atoms with van der Waals surface area (Å²) in [5.41, 5.74) is 2.04. The largest absolute Gasteiger partial charge is 0.496 e. The summed E-state index contributed by atoms with van der Waals surface area (Å²) in [6.45, 7) is 2.40. The van der Waals surface area contributed by atoms with Crippen LogP contribution in [0.2, 0.25) is 5.02 Å². The van der Waals surface area contributed by atoms with Gasteiger partial charge in [-0.25, -0.2) is 9.97 Å². The lowest BCUT2D eigenvalue weighted by Gasteiger charge is -2.11. The molecule has 0 spiro atoms. The van der Waals surface area contributed by atoms with Gasteiger partial charge in [-0.1, -0.05) is 29.8 Å². The molecule has 0 unspecified atom stereocenters. The Kier molecular flexibility index (Phi) is 6.45. The van der Waals surface area contributed by atoms with Crippen LogP contribution in [0.4, 0.5) is 11.5 Å². The molecule has 0 saturated heterocycles. The minimum Gasteiger partial charge on any atom is -0.496 e. The third-order valence-electron chi connectivity index (χ3n) is 4.07. The van der Waals surface area contributed by atoms with Crippen LogP contribution in [0.3, 0.4) is 0 Å². The molecule has 2 N–H and O–H groups in total. The molecule has 0 aliphatic heterocycles. The van der Waals surface area contributed by atoms with Crippen molar-refractivity contribution in [2.45, 2.75) is 13.3 Å². The van der Waals surface area contributed by atoms with Gasteiger partial charge in [-0.05, 0) is 49.2 Å². The standard InChI is InChI=1S/C21H21ClN4O2/c1-14-24-18(21(27)26-17-9-7-16(22)8-10-17)13-20(25-14)23-12-11-15-5-3-4-6-19(15)28-2/h3-10,13H,11-12H2,1-2H3,(H,26,27)(H,23,24,25). The molecule has 0 aliphatic rings. The number of hydrogen-bond acceptors (Lipinski definition) is 5. The molecule has 3 aromatic rings. The van der Waals surface area contributed by atoms with E-state index in [1.807, 2.05) is 24.3 Å². The van der Waals surface area contributed by atoms with E-state index in [9.17, 15) is 4.79 Å². The van der Waals surface area contributed by atoms with Crippen molar-refractivity contribution < 1.29 is 9.53 Å². The number of halogens is 1. The van der Waals surface area contributed by atoms with Gasteiger partial charge in [0, 0.05) is 23.3 Å². The Balaban J connectivity index is 1.65. The van der Waals surface area contributed by atoms with E-state index in [1.165, 1.54) is 0 Å². The van der Waals surface area contributed by atoms with E-state index < -0.39 is 0 Å². The number of aryl methyl sites for hydroxylation is 1. The van der Waals surface area contributed by atoms with Crippen molar-refractivity contribution in [2.75, 3.05) is 24.3 Å². The van der Waals surface area contributed by atoms with Gasteiger partial charge in [0.1, 0.15) is 23.1 Å². The predicted octanol–water partition coefficient (Wildman–Crippen LogP) is 4.35. The van der Waals surface area contributed by atoms with Gasteiger partial charge >= 0.3 is 0 Å². The van der Waals surface area contributed by atoms with Gasteiger partial charge in [-0.3, -0.25) is 4.79 Å². The average Bonchev–Trinajstić information content (AvgIpc) is 2.69. The summed E-state index contributed by atoms with van der Waals surface area (Å²) >= 11 is 5.87. The van der Waals surface area contributed by atoms with Crippen LogP contribution in [-0.4, -0.2) is 29.5 Å². The van der Waals surface area contributed by atoms with Crippen LogP contribution in [0.25, 0.3) is 0 Å². The van der Waals surface area contributed by atoms with E-state index in [4.69, 9.17) is 16.3 Å². The Bertz CT molecular complexity index is 961. The lowest BCUT2D eigenvalue weighted by Crippen LogP contribution is -2.16. The lowest BCUT2D eigenvalue weighted by atomic mass is 10.1. The zero-order valence-electron chi connectivity index (χ0n) is 15.7. The van der Waals surface area contributed by atoms with Crippen LogP contribution >= 0.6 is 11.6 Å². The summed E-state index contributed by atoms with van der Waals surface area (Å²) in [4.78, 5) is 21.1. The highest BCUT2D eigenvalue weighted by atomic mass is 35.5. The quantitative estimate of drug-likeness (QED) is 0.620. The van der Waals surface area contributed by atoms with E-state index in [0.717, 1.165) is 17.7 Å². The average molecular weight is 397 g/mol. The first-order chi connectivity index (χ1) is 13.5. The number of carbonyl (C=O) groups excluding carboxylic acids is 1. The lowest BCUT2D eigenvalue weighted by molar-refractivity contribution is 0.102. The summed E-state index contributed by atoms with van der Waals surface area (Å²) in [6, 6.07) is 16.4. The van der Waals surface area contributed by atoms with Crippen molar-refractivity contribution in [1.82, 2.24) is 9.97 Å². The maximum absolute atomic E-state index is 12.5. The van der Waals surface area contributed by atoms with Gasteiger partial charge < -0.3 is 15.4 Å². The maximum atomic E-state index is 12.5. The van der Waals surface area contributed by atoms with Crippen molar-refractivity contribution in [1.29, 1.82) is 0 Å². The van der Waals surface area contributed by atoms with Crippen molar-refractivity contribution >= 4 is 29.0 Å². The normalized spacial score (nSPS) is 10.4. The number of hydrogen-bond donors (Lipinski definition) is 2. The number of methoxy groups -OCH3 is 1. The first-order valence-corrected chi connectivity index (χ1v) is 9.21. The molecule has 0 fully saturated rings. The fraction of sp³-hybridized carbons (Fsp3) is 0.190. The van der Waals surface area contributed by atoms with Gasteiger partial charge in [0.15, 0.2) is 0 Å². The highest BCUT2D eigenvalue weighted by Crippen LogP contribution is 2.18. The fourth-order valence-electron chi connectivity index (χ4n) is 2.74. The fourth-order valence-corrected chi connectivity index (χ4v) is 2.86. The third-order valence-corrected chi connectivity index (χ3v) is 4.32. The monoisotopic (exact) mass is 396 g/mol. The molecule has 3 rings (SSSR count). The summed E-state index contributed by atoms with van der Waals surface area (Å²) < 4.78 is 5.37. The second-order valence-electron chi connectivity index (χ2n) is 6.14. The van der Waals surface area contributed by atoms with Gasteiger partial charge in [-0.2, -0.15) is 0 Å². The van der Waals surface area contributed by atoms with Crippen LogP contribution < -0.4 is 15.4 Å². The number of benzene rings is 2. The van der Waals surface area contributed by atoms with Gasteiger partial charge in [0.2, 0.25) is 0 Å². The zero-order chi connectivity index (χ0) is 19.9. The number of rotatable bonds is 7. The SMILES string of the molecule is COc1ccccc1CCNc1cc(C(=O)Nc2ccc(Cl)cc2)nc(C)n1. The molecule has 2 aromatic carbocycles. The van der Waals surface area contributed by atoms with E-state index >= 15 is 0 Å². The number of carbonyl (C=O) groups is 1. The van der Waals surface area contributed by atoms with Crippen molar-refractivity contribution in [3.63, 3.8) is 0 Å². The number of ether oxygens (including phenoxy) is 1. The van der Waals surface area contributed by atoms with Crippen LogP contribution in [0, 0.1) is 6.92 Å². The van der Waals surface area contributed by atoms with Crippen LogP contribution in [-0.2, 0) is 6.42 Å². The van der Waals surface area contributed by atoms with E-state index in [2.05, 4.69) is 20.6 Å². The molecule has 0 atom stereocenters. The molecule has 1 aromatic heterocycles. The summed E-state index contributed by atoms with van der Waals surface area (Å²) in [5.74, 6) is 1.67. The van der Waals surface area contributed by atoms with Crippen LogP contribution in [0.1, 0.15) is 21.9 Å². The molecular weight excluding hydrogens is 376 g/mol. The Morgan fingerprint density at radius 3 is 2.61 bits per heavy atom. The highest BCUT2D eigenvalue weighted by molar-refractivity contribution is 6.30. The van der Waals surface area contributed by atoms with E-state index in [0.29, 0.717) is 34.6 Å². The number of anilines is 2. The molecule has 1 amide bonds. The summed E-state index contributed by atoms with van der Waals surface area (Å²) in [5, 5.41) is 6.66. The third kappa shape index (κ3) is 5.20. The molecule has 144 valence electrons. The number of para-hydroxylation sites is 1. The Morgan fingerprint density at radius 1 is 1.11 bits per heavy atom. The molecular formula is C21H21ClN4O2. The molecule has 0 aliphatic carbocycles. The number of nitrogens with zero attached hydrogens (tertiary/aromatic N) is 2. The Hall–Kier alpha value is -3.12. The first-order valence-electron chi connectivity index (χ1n) is 8.83. The minimum absolute atomic E-state index is 0.294. The first kappa shape index (κ1) is 19.6. The maximum Gasteiger partial charge on any atom is 0.274 e. The highest BCUT2D eigenvalue weighted by Gasteiger charge is 2.11. The summed E-state index contributed by atoms with van der Waals surface area (Å²) in [7, 11) is 1.66. The molecule has 0 saturated carbocycles. The van der Waals surface area contributed by atoms with Gasteiger partial charge in [0.05, 0.1) is 7.11 Å². The van der Waals surface area contributed by atoms with Crippen molar-refractivity contribution in [3.05, 3.63) is 76.7 Å². The predicted molar refractivity (Wildman–Crippen MR) is 111 cm³/mol. The Labute approximate surface area is 168 Å². The van der Waals surface area contributed by atoms with E-state index in [-0.39, 0.29) is 5.91 Å². The van der Waals surface area contributed by atoms with Crippen LogP contribution in [0.15, 0.2) is 54.6 Å². The van der Waals surface area contributed by atoms with Crippen LogP contribution in [0.5, 0.6) is 5.75 Å². The zero-order valence-corrected chi connectivity index (χ0v) is 16.5. The van der Waals surface area contributed by atoms with Gasteiger partial charge in [0.25, 0.3) is 5.91 Å². The minimum atomic E-state index is -0.305. The van der Waals surface area contributed by atoms with E-state index in [1.54, 1.807) is 44.4 Å². The molecule has 0 bridgehead atoms. The molecule has 1 heterocycles. The molecule has 0 radical (unpaired) electrons. The smallest absolute Gasteiger partial charge is 0.274 e. The van der Waals surface area contributed by atoms with Crippen molar-refractivity contribution in [2.24, 2.45) is 0 Å². The van der Waals surface area contributed by atoms with Crippen molar-refractivity contribution in [3.8, 4) is 5.75 Å². The second-order valence-corrected chi connectivity index (χ2v) is 6.57. The van der Waals surface area contributed by atoms with Gasteiger partial charge in [-0.15, -0.1) is 0 Å². The number of nitrogens with one attached hydrogen (secondary N) is 2. The second kappa shape index (κ2) is 9.19. The molecule has 7 heteroatoms. The summed E-state index contributed by atoms with van der Waals surface area (Å²) in [6.07, 6.45) is 0.763.